The van der Waals surface area contributed by atoms with E-state index in [-0.39, 0.29) is 5.75 Å². The molecule has 0 radical (unpaired) electrons. The van der Waals surface area contributed by atoms with Gasteiger partial charge in [0.15, 0.2) is 9.84 Å². The van der Waals surface area contributed by atoms with Gasteiger partial charge in [0.25, 0.3) is 0 Å². The fraction of sp³-hybridized carbons (Fsp3) is 0.0714. The smallest absolute Gasteiger partial charge is 0.175 e. The van der Waals surface area contributed by atoms with Crippen molar-refractivity contribution in [1.82, 2.24) is 4.98 Å². The first kappa shape index (κ1) is 13.8. The van der Waals surface area contributed by atoms with Crippen LogP contribution in [0.3, 0.4) is 0 Å². The van der Waals surface area contributed by atoms with Crippen LogP contribution in [0, 0.1) is 0 Å². The molecule has 0 amide bonds. The Bertz CT molecular complexity index is 664. The first-order chi connectivity index (χ1) is 9.05. The molecule has 0 saturated carbocycles. The highest BCUT2D eigenvalue weighted by molar-refractivity contribution is 7.93. The van der Waals surface area contributed by atoms with Gasteiger partial charge in [-0.05, 0) is 41.5 Å². The highest BCUT2D eigenvalue weighted by Crippen LogP contribution is 2.13. The molecule has 2 rings (SSSR count). The summed E-state index contributed by atoms with van der Waals surface area (Å²) < 4.78 is 23.8. The second-order valence-electron chi connectivity index (χ2n) is 4.02. The largest absolute Gasteiger partial charge is 0.265 e. The second-order valence-corrected chi connectivity index (χ2v) is 6.34. The first-order valence-electron chi connectivity index (χ1n) is 5.60. The molecule has 5 heteroatoms. The zero-order chi connectivity index (χ0) is 13.7. The minimum atomic E-state index is -3.29. The third-order valence-electron chi connectivity index (χ3n) is 2.46. The molecule has 98 valence electrons. The van der Waals surface area contributed by atoms with Gasteiger partial charge >= 0.3 is 0 Å². The molecule has 0 N–H and O–H groups in total. The van der Waals surface area contributed by atoms with Crippen LogP contribution >= 0.6 is 11.6 Å². The van der Waals surface area contributed by atoms with E-state index in [1.165, 1.54) is 5.41 Å². The summed E-state index contributed by atoms with van der Waals surface area (Å²) in [7, 11) is -3.29. The van der Waals surface area contributed by atoms with Crippen LogP contribution in [0.5, 0.6) is 0 Å². The quantitative estimate of drug-likeness (QED) is 0.869. The van der Waals surface area contributed by atoms with Crippen LogP contribution in [-0.2, 0) is 15.6 Å². The minimum Gasteiger partial charge on any atom is -0.265 e. The molecule has 0 bridgehead atoms. The zero-order valence-electron chi connectivity index (χ0n) is 10.0. The van der Waals surface area contributed by atoms with Gasteiger partial charge in [-0.15, -0.1) is 0 Å². The van der Waals surface area contributed by atoms with Gasteiger partial charge in [0.05, 0.1) is 5.75 Å². The molecule has 1 aromatic carbocycles. The molecule has 19 heavy (non-hydrogen) atoms. The van der Waals surface area contributed by atoms with E-state index in [0.717, 1.165) is 5.56 Å². The molecule has 0 aliphatic rings. The van der Waals surface area contributed by atoms with Crippen molar-refractivity contribution in [3.63, 3.8) is 0 Å². The van der Waals surface area contributed by atoms with Crippen molar-refractivity contribution in [2.24, 2.45) is 0 Å². The number of sulfone groups is 1. The van der Waals surface area contributed by atoms with Crippen molar-refractivity contribution < 1.29 is 8.42 Å². The summed E-state index contributed by atoms with van der Waals surface area (Å²) in [6, 6.07) is 10.3. The van der Waals surface area contributed by atoms with E-state index in [1.54, 1.807) is 54.9 Å². The number of benzene rings is 1. The SMILES string of the molecule is O=S(=O)(C=Cc1ccncc1)Cc1ccc(Cl)cc1. The van der Waals surface area contributed by atoms with E-state index in [4.69, 9.17) is 11.6 Å². The van der Waals surface area contributed by atoms with Crippen LogP contribution < -0.4 is 0 Å². The topological polar surface area (TPSA) is 47.0 Å². The lowest BCUT2D eigenvalue weighted by atomic mass is 10.2. The Hall–Kier alpha value is -1.65. The standard InChI is InChI=1S/C14H12ClNO2S/c15-14-3-1-13(2-4-14)11-19(17,18)10-7-12-5-8-16-9-6-12/h1-10H,11H2. The third kappa shape index (κ3) is 4.50. The molecule has 0 aliphatic carbocycles. The maximum atomic E-state index is 11.9. The van der Waals surface area contributed by atoms with Gasteiger partial charge in [-0.2, -0.15) is 0 Å². The lowest BCUT2D eigenvalue weighted by molar-refractivity contribution is 0.604. The predicted molar refractivity (Wildman–Crippen MR) is 77.3 cm³/mol. The number of aromatic nitrogens is 1. The van der Waals surface area contributed by atoms with Crippen LogP contribution in [0.25, 0.3) is 6.08 Å². The normalized spacial score (nSPS) is 11.8. The number of nitrogens with zero attached hydrogens (tertiary/aromatic N) is 1. The van der Waals surface area contributed by atoms with Gasteiger partial charge < -0.3 is 0 Å². The highest BCUT2D eigenvalue weighted by atomic mass is 35.5. The Balaban J connectivity index is 2.11. The highest BCUT2D eigenvalue weighted by Gasteiger charge is 2.07. The van der Waals surface area contributed by atoms with Crippen molar-refractivity contribution in [3.8, 4) is 0 Å². The van der Waals surface area contributed by atoms with Crippen molar-refractivity contribution in [3.05, 3.63) is 70.3 Å². The summed E-state index contributed by atoms with van der Waals surface area (Å²) in [4.78, 5) is 3.87. The Labute approximate surface area is 117 Å². The predicted octanol–water partition coefficient (Wildman–Crippen LogP) is 3.32. The van der Waals surface area contributed by atoms with Crippen LogP contribution in [-0.4, -0.2) is 13.4 Å². The average Bonchev–Trinajstić information content (AvgIpc) is 2.40. The minimum absolute atomic E-state index is 0.0360. The van der Waals surface area contributed by atoms with Crippen molar-refractivity contribution in [2.45, 2.75) is 5.75 Å². The van der Waals surface area contributed by atoms with Crippen molar-refractivity contribution in [2.75, 3.05) is 0 Å². The zero-order valence-corrected chi connectivity index (χ0v) is 11.6. The van der Waals surface area contributed by atoms with Gasteiger partial charge in [-0.3, -0.25) is 4.98 Å². The molecule has 0 unspecified atom stereocenters. The number of halogens is 1. The number of hydrogen-bond acceptors (Lipinski definition) is 3. The lowest BCUT2D eigenvalue weighted by Gasteiger charge is -2.00. The Morgan fingerprint density at radius 2 is 1.68 bits per heavy atom. The van der Waals surface area contributed by atoms with Crippen LogP contribution in [0.15, 0.2) is 54.2 Å². The molecule has 1 heterocycles. The summed E-state index contributed by atoms with van der Waals surface area (Å²) in [5.41, 5.74) is 1.51. The molecular weight excluding hydrogens is 282 g/mol. The fourth-order valence-corrected chi connectivity index (χ4v) is 2.76. The van der Waals surface area contributed by atoms with Crippen LogP contribution in [0.1, 0.15) is 11.1 Å². The van der Waals surface area contributed by atoms with Gasteiger partial charge in [0.2, 0.25) is 0 Å². The molecule has 0 spiro atoms. The number of rotatable bonds is 4. The van der Waals surface area contributed by atoms with E-state index in [9.17, 15) is 8.42 Å². The summed E-state index contributed by atoms with van der Waals surface area (Å²) in [5, 5.41) is 1.81. The van der Waals surface area contributed by atoms with E-state index in [1.807, 2.05) is 0 Å². The molecule has 0 saturated heterocycles. The average molecular weight is 294 g/mol. The van der Waals surface area contributed by atoms with Crippen molar-refractivity contribution in [1.29, 1.82) is 0 Å². The van der Waals surface area contributed by atoms with Crippen LogP contribution in [0.2, 0.25) is 5.02 Å². The molecule has 0 fully saturated rings. The number of hydrogen-bond donors (Lipinski definition) is 0. The summed E-state index contributed by atoms with van der Waals surface area (Å²) in [6.45, 7) is 0. The summed E-state index contributed by atoms with van der Waals surface area (Å²) in [6.07, 6.45) is 4.80. The maximum Gasteiger partial charge on any atom is 0.175 e. The summed E-state index contributed by atoms with van der Waals surface area (Å²) >= 11 is 5.75. The maximum absolute atomic E-state index is 11.9. The van der Waals surface area contributed by atoms with E-state index < -0.39 is 9.84 Å². The second kappa shape index (κ2) is 5.99. The first-order valence-corrected chi connectivity index (χ1v) is 7.70. The Morgan fingerprint density at radius 3 is 2.32 bits per heavy atom. The monoisotopic (exact) mass is 293 g/mol. The Kier molecular flexibility index (Phi) is 4.35. The molecule has 0 atom stereocenters. The lowest BCUT2D eigenvalue weighted by Crippen LogP contribution is -1.99. The number of pyridine rings is 1. The third-order valence-corrected chi connectivity index (χ3v) is 3.99. The van der Waals surface area contributed by atoms with Gasteiger partial charge in [0.1, 0.15) is 0 Å². The van der Waals surface area contributed by atoms with E-state index >= 15 is 0 Å². The van der Waals surface area contributed by atoms with Gasteiger partial charge in [-0.25, -0.2) is 8.42 Å². The molecule has 3 nitrogen and oxygen atoms in total. The van der Waals surface area contributed by atoms with Gasteiger partial charge in [-0.1, -0.05) is 23.7 Å². The van der Waals surface area contributed by atoms with Crippen LogP contribution in [0.4, 0.5) is 0 Å². The molecular formula is C14H12ClNO2S. The molecule has 2 aromatic rings. The molecule has 0 aliphatic heterocycles. The van der Waals surface area contributed by atoms with Gasteiger partial charge in [0, 0.05) is 22.8 Å². The molecule has 1 aromatic heterocycles. The van der Waals surface area contributed by atoms with Crippen molar-refractivity contribution >= 4 is 27.5 Å². The Morgan fingerprint density at radius 1 is 1.05 bits per heavy atom. The van der Waals surface area contributed by atoms with E-state index in [2.05, 4.69) is 4.98 Å². The fourth-order valence-electron chi connectivity index (χ4n) is 1.52. The summed E-state index contributed by atoms with van der Waals surface area (Å²) in [5.74, 6) is -0.0360. The van der Waals surface area contributed by atoms with E-state index in [0.29, 0.717) is 10.6 Å².